The van der Waals surface area contributed by atoms with Crippen LogP contribution in [0.15, 0.2) is 30.3 Å². The monoisotopic (exact) mass is 329 g/mol. The van der Waals surface area contributed by atoms with Crippen molar-refractivity contribution in [3.63, 3.8) is 0 Å². The number of benzene rings is 1. The largest absolute Gasteiger partial charge is 0.343 e. The van der Waals surface area contributed by atoms with E-state index in [1.54, 1.807) is 28.8 Å². The standard InChI is InChI=1S/C15H15N5O2S/c1-9-10(2)23-15-18-14(19-20(9)15)17-12(21)8-16-13(22)11-6-4-3-5-7-11/h3-7H,8H2,1-2H3,(H,16,22)(H,17,19,21). The summed E-state index contributed by atoms with van der Waals surface area (Å²) in [6.07, 6.45) is 0. The van der Waals surface area contributed by atoms with E-state index in [1.807, 2.05) is 19.9 Å². The van der Waals surface area contributed by atoms with Gasteiger partial charge in [-0.15, -0.1) is 5.10 Å². The molecule has 0 aliphatic rings. The van der Waals surface area contributed by atoms with Gasteiger partial charge >= 0.3 is 0 Å². The number of hydrogen-bond acceptors (Lipinski definition) is 5. The van der Waals surface area contributed by atoms with Crippen molar-refractivity contribution in [3.05, 3.63) is 46.5 Å². The number of fused-ring (bicyclic) bond motifs is 1. The molecule has 2 heterocycles. The van der Waals surface area contributed by atoms with Crippen LogP contribution in [0.3, 0.4) is 0 Å². The van der Waals surface area contributed by atoms with Gasteiger partial charge in [-0.25, -0.2) is 4.52 Å². The number of anilines is 1. The minimum atomic E-state index is -0.373. The number of amides is 2. The molecule has 0 saturated heterocycles. The molecule has 0 saturated carbocycles. The molecule has 3 rings (SSSR count). The number of aryl methyl sites for hydroxylation is 2. The molecule has 0 fully saturated rings. The van der Waals surface area contributed by atoms with Gasteiger partial charge in [0, 0.05) is 10.4 Å². The van der Waals surface area contributed by atoms with E-state index in [1.165, 1.54) is 11.3 Å². The highest BCUT2D eigenvalue weighted by Crippen LogP contribution is 2.21. The fourth-order valence-corrected chi connectivity index (χ4v) is 2.92. The van der Waals surface area contributed by atoms with Crippen molar-refractivity contribution in [1.29, 1.82) is 0 Å². The second-order valence-electron chi connectivity index (χ2n) is 4.97. The zero-order valence-electron chi connectivity index (χ0n) is 12.7. The van der Waals surface area contributed by atoms with Crippen LogP contribution in [0.5, 0.6) is 0 Å². The van der Waals surface area contributed by atoms with Crippen molar-refractivity contribution < 1.29 is 9.59 Å². The maximum atomic E-state index is 11.9. The lowest BCUT2D eigenvalue weighted by molar-refractivity contribution is -0.115. The number of nitrogens with zero attached hydrogens (tertiary/aromatic N) is 3. The van der Waals surface area contributed by atoms with Crippen LogP contribution in [-0.2, 0) is 4.79 Å². The fourth-order valence-electron chi connectivity index (χ4n) is 2.02. The smallest absolute Gasteiger partial charge is 0.251 e. The Morgan fingerprint density at radius 3 is 2.65 bits per heavy atom. The first-order valence-electron chi connectivity index (χ1n) is 7.00. The zero-order valence-corrected chi connectivity index (χ0v) is 13.5. The maximum absolute atomic E-state index is 11.9. The van der Waals surface area contributed by atoms with E-state index in [0.29, 0.717) is 5.56 Å². The molecule has 0 spiro atoms. The highest BCUT2D eigenvalue weighted by Gasteiger charge is 2.13. The van der Waals surface area contributed by atoms with Gasteiger partial charge in [-0.3, -0.25) is 14.9 Å². The summed E-state index contributed by atoms with van der Waals surface area (Å²) in [6, 6.07) is 8.72. The van der Waals surface area contributed by atoms with E-state index in [-0.39, 0.29) is 24.3 Å². The molecule has 8 heteroatoms. The minimum Gasteiger partial charge on any atom is -0.343 e. The van der Waals surface area contributed by atoms with Crippen molar-refractivity contribution >= 4 is 34.1 Å². The third-order valence-electron chi connectivity index (χ3n) is 3.35. The average molecular weight is 329 g/mol. The third-order valence-corrected chi connectivity index (χ3v) is 4.39. The highest BCUT2D eigenvalue weighted by atomic mass is 32.1. The van der Waals surface area contributed by atoms with Crippen LogP contribution in [-0.4, -0.2) is 33.0 Å². The summed E-state index contributed by atoms with van der Waals surface area (Å²) in [5.41, 5.74) is 1.50. The van der Waals surface area contributed by atoms with Crippen LogP contribution >= 0.6 is 11.3 Å². The molecule has 0 unspecified atom stereocenters. The van der Waals surface area contributed by atoms with Crippen LogP contribution in [0.25, 0.3) is 4.96 Å². The maximum Gasteiger partial charge on any atom is 0.251 e. The van der Waals surface area contributed by atoms with Gasteiger partial charge in [-0.1, -0.05) is 29.5 Å². The summed E-state index contributed by atoms with van der Waals surface area (Å²) in [4.78, 5) is 29.8. The molecule has 2 amide bonds. The van der Waals surface area contributed by atoms with Crippen LogP contribution in [0, 0.1) is 13.8 Å². The highest BCUT2D eigenvalue weighted by molar-refractivity contribution is 7.17. The molecule has 1 aromatic carbocycles. The third kappa shape index (κ3) is 3.21. The van der Waals surface area contributed by atoms with Crippen molar-refractivity contribution in [1.82, 2.24) is 19.9 Å². The van der Waals surface area contributed by atoms with E-state index in [9.17, 15) is 9.59 Å². The lowest BCUT2D eigenvalue weighted by Gasteiger charge is -2.04. The van der Waals surface area contributed by atoms with Crippen LogP contribution in [0.2, 0.25) is 0 Å². The Hall–Kier alpha value is -2.74. The van der Waals surface area contributed by atoms with Gasteiger partial charge in [0.1, 0.15) is 0 Å². The Kier molecular flexibility index (Phi) is 4.07. The van der Waals surface area contributed by atoms with Crippen molar-refractivity contribution in [2.45, 2.75) is 13.8 Å². The zero-order chi connectivity index (χ0) is 16.4. The van der Waals surface area contributed by atoms with Gasteiger partial charge in [-0.2, -0.15) is 4.98 Å². The molecule has 3 aromatic rings. The molecular weight excluding hydrogens is 314 g/mol. The normalized spacial score (nSPS) is 10.7. The van der Waals surface area contributed by atoms with E-state index >= 15 is 0 Å². The number of carbonyl (C=O) groups is 2. The second kappa shape index (κ2) is 6.17. The number of carbonyl (C=O) groups excluding carboxylic acids is 2. The summed E-state index contributed by atoms with van der Waals surface area (Å²) in [5, 5.41) is 9.37. The Morgan fingerprint density at radius 2 is 1.96 bits per heavy atom. The first-order valence-corrected chi connectivity index (χ1v) is 7.82. The quantitative estimate of drug-likeness (QED) is 0.763. The summed E-state index contributed by atoms with van der Waals surface area (Å²) in [7, 11) is 0. The topological polar surface area (TPSA) is 88.4 Å². The van der Waals surface area contributed by atoms with Crippen LogP contribution in [0.1, 0.15) is 20.9 Å². The molecule has 23 heavy (non-hydrogen) atoms. The lowest BCUT2D eigenvalue weighted by atomic mass is 10.2. The SMILES string of the molecule is Cc1sc2nc(NC(=O)CNC(=O)c3ccccc3)nn2c1C. The second-order valence-corrected chi connectivity index (χ2v) is 6.15. The molecular formula is C15H15N5O2S. The van der Waals surface area contributed by atoms with Gasteiger partial charge in [0.15, 0.2) is 0 Å². The van der Waals surface area contributed by atoms with Gasteiger partial charge in [0.05, 0.1) is 12.2 Å². The first kappa shape index (κ1) is 15.2. The fraction of sp³-hybridized carbons (Fsp3) is 0.200. The summed E-state index contributed by atoms with van der Waals surface area (Å²) < 4.78 is 1.69. The molecule has 0 aliphatic carbocycles. The average Bonchev–Trinajstić information content (AvgIpc) is 3.05. The Labute approximate surface area is 136 Å². The van der Waals surface area contributed by atoms with E-state index in [0.717, 1.165) is 15.5 Å². The molecule has 2 aromatic heterocycles. The van der Waals surface area contributed by atoms with Crippen LogP contribution in [0.4, 0.5) is 5.95 Å². The molecule has 118 valence electrons. The van der Waals surface area contributed by atoms with E-state index < -0.39 is 0 Å². The molecule has 0 aliphatic heterocycles. The number of thiazole rings is 1. The van der Waals surface area contributed by atoms with Crippen molar-refractivity contribution in [2.24, 2.45) is 0 Å². The van der Waals surface area contributed by atoms with Gasteiger partial charge in [0.2, 0.25) is 16.8 Å². The lowest BCUT2D eigenvalue weighted by Crippen LogP contribution is -2.33. The van der Waals surface area contributed by atoms with Gasteiger partial charge < -0.3 is 5.32 Å². The predicted octanol–water partition coefficient (Wildman–Crippen LogP) is 1.78. The Morgan fingerprint density at radius 1 is 1.22 bits per heavy atom. The number of rotatable bonds is 4. The number of nitrogens with one attached hydrogen (secondary N) is 2. The van der Waals surface area contributed by atoms with Crippen molar-refractivity contribution in [2.75, 3.05) is 11.9 Å². The van der Waals surface area contributed by atoms with Crippen molar-refractivity contribution in [3.8, 4) is 0 Å². The Bertz CT molecular complexity index is 869. The molecule has 0 atom stereocenters. The number of hydrogen-bond donors (Lipinski definition) is 2. The summed E-state index contributed by atoms with van der Waals surface area (Å²) in [5.74, 6) is -0.439. The number of aromatic nitrogens is 3. The summed E-state index contributed by atoms with van der Waals surface area (Å²) in [6.45, 7) is 3.80. The van der Waals surface area contributed by atoms with E-state index in [2.05, 4.69) is 20.7 Å². The summed E-state index contributed by atoms with van der Waals surface area (Å²) >= 11 is 1.51. The minimum absolute atomic E-state index is 0.140. The molecule has 2 N–H and O–H groups in total. The molecule has 7 nitrogen and oxygen atoms in total. The Balaban J connectivity index is 1.59. The van der Waals surface area contributed by atoms with Gasteiger partial charge in [-0.05, 0) is 26.0 Å². The van der Waals surface area contributed by atoms with E-state index in [4.69, 9.17) is 0 Å². The molecule has 0 radical (unpaired) electrons. The van der Waals surface area contributed by atoms with Crippen LogP contribution < -0.4 is 10.6 Å². The molecule has 0 bridgehead atoms. The predicted molar refractivity (Wildman–Crippen MR) is 87.7 cm³/mol. The first-order chi connectivity index (χ1) is 11.0. The van der Waals surface area contributed by atoms with Gasteiger partial charge in [0.25, 0.3) is 5.91 Å².